The third-order valence-corrected chi connectivity index (χ3v) is 3.50. The highest BCUT2D eigenvalue weighted by Crippen LogP contribution is 2.28. The maximum Gasteiger partial charge on any atom is 0.344 e. The van der Waals surface area contributed by atoms with E-state index in [1.807, 2.05) is 0 Å². The molecule has 0 fully saturated rings. The van der Waals surface area contributed by atoms with Gasteiger partial charge < -0.3 is 14.1 Å². The van der Waals surface area contributed by atoms with E-state index in [0.29, 0.717) is 11.3 Å². The smallest absolute Gasteiger partial charge is 0.344 e. The molecule has 0 atom stereocenters. The maximum atomic E-state index is 12.5. The minimum atomic E-state index is -0.716. The highest BCUT2D eigenvalue weighted by Gasteiger charge is 2.23. The molecule has 0 bridgehead atoms. The van der Waals surface area contributed by atoms with Crippen LogP contribution in [-0.4, -0.2) is 22.5 Å². The van der Waals surface area contributed by atoms with Gasteiger partial charge in [0.15, 0.2) is 0 Å². The molecule has 7 heteroatoms. The fourth-order valence-corrected chi connectivity index (χ4v) is 2.57. The molecule has 24 heavy (non-hydrogen) atoms. The normalized spacial score (nSPS) is 10.8. The van der Waals surface area contributed by atoms with E-state index in [2.05, 4.69) is 9.97 Å². The molecule has 0 saturated carbocycles. The summed E-state index contributed by atoms with van der Waals surface area (Å²) in [6.45, 7) is 3.52. The second-order valence-corrected chi connectivity index (χ2v) is 5.16. The lowest BCUT2D eigenvalue weighted by Gasteiger charge is -2.11. The fourth-order valence-electron chi connectivity index (χ4n) is 2.57. The Kier molecular flexibility index (Phi) is 3.99. The molecule has 7 nitrogen and oxygen atoms in total. The minimum absolute atomic E-state index is 0.0910. The number of carbonyl (C=O) groups excluding carboxylic acids is 1. The van der Waals surface area contributed by atoms with Crippen LogP contribution in [0.3, 0.4) is 0 Å². The van der Waals surface area contributed by atoms with E-state index in [0.717, 1.165) is 0 Å². The molecule has 0 saturated heterocycles. The van der Waals surface area contributed by atoms with Gasteiger partial charge in [0.05, 0.1) is 12.0 Å². The fraction of sp³-hybridized carbons (Fsp3) is 0.176. The molecule has 0 amide bonds. The van der Waals surface area contributed by atoms with Gasteiger partial charge in [-0.2, -0.15) is 0 Å². The van der Waals surface area contributed by atoms with Crippen LogP contribution in [0.5, 0.6) is 0 Å². The molecule has 3 heterocycles. The summed E-state index contributed by atoms with van der Waals surface area (Å²) in [5.74, 6) is -0.716. The van der Waals surface area contributed by atoms with Gasteiger partial charge in [0, 0.05) is 35.3 Å². The van der Waals surface area contributed by atoms with E-state index in [1.165, 1.54) is 6.20 Å². The zero-order valence-corrected chi connectivity index (χ0v) is 13.2. The van der Waals surface area contributed by atoms with Crippen LogP contribution in [0.25, 0.3) is 22.1 Å². The predicted molar refractivity (Wildman–Crippen MR) is 86.6 cm³/mol. The molecule has 3 aromatic rings. The number of esters is 1. The number of nitrogens with one attached hydrogen (secondary N) is 2. The van der Waals surface area contributed by atoms with E-state index in [1.54, 1.807) is 38.2 Å². The lowest BCUT2D eigenvalue weighted by molar-refractivity contribution is 0.0522. The monoisotopic (exact) mass is 325 g/mol. The molecule has 122 valence electrons. The Morgan fingerprint density at radius 2 is 2.25 bits per heavy atom. The number of carbonyl (C=O) groups is 1. The van der Waals surface area contributed by atoms with Crippen LogP contribution in [0.1, 0.15) is 23.0 Å². The van der Waals surface area contributed by atoms with Crippen LogP contribution in [-0.2, 0) is 4.74 Å². The Bertz CT molecular complexity index is 1040. The quantitative estimate of drug-likeness (QED) is 0.717. The Labute approximate surface area is 136 Å². The molecule has 2 N–H and O–H groups in total. The number of hydrogen-bond acceptors (Lipinski definition) is 6. The number of rotatable bonds is 3. The number of pyridine rings is 2. The van der Waals surface area contributed by atoms with Crippen molar-refractivity contribution in [2.45, 2.75) is 13.8 Å². The molecule has 0 spiro atoms. The van der Waals surface area contributed by atoms with Crippen LogP contribution in [0.4, 0.5) is 0 Å². The third kappa shape index (κ3) is 2.60. The van der Waals surface area contributed by atoms with Gasteiger partial charge in [0.2, 0.25) is 5.55 Å². The Hall–Kier alpha value is -3.22. The van der Waals surface area contributed by atoms with Crippen molar-refractivity contribution in [3.05, 3.63) is 57.8 Å². The first-order chi connectivity index (χ1) is 11.5. The van der Waals surface area contributed by atoms with E-state index in [4.69, 9.17) is 14.6 Å². The summed E-state index contributed by atoms with van der Waals surface area (Å²) in [4.78, 5) is 31.6. The van der Waals surface area contributed by atoms with Gasteiger partial charge in [0.1, 0.15) is 11.1 Å². The molecule has 3 aromatic heterocycles. The summed E-state index contributed by atoms with van der Waals surface area (Å²) in [5, 5.41) is 8.28. The Morgan fingerprint density at radius 3 is 2.92 bits per heavy atom. The number of aryl methyl sites for hydroxylation is 1. The van der Waals surface area contributed by atoms with Crippen molar-refractivity contribution < 1.29 is 13.9 Å². The maximum absolute atomic E-state index is 12.5. The number of fused-ring (bicyclic) bond motifs is 1. The molecule has 0 unspecified atom stereocenters. The summed E-state index contributed by atoms with van der Waals surface area (Å²) in [5.41, 5.74) is 0.790. The van der Waals surface area contributed by atoms with Crippen molar-refractivity contribution in [3.8, 4) is 11.1 Å². The number of H-pyrrole nitrogens is 1. The Morgan fingerprint density at radius 1 is 1.46 bits per heavy atom. The topological polar surface area (TPSA) is 109 Å². The van der Waals surface area contributed by atoms with Gasteiger partial charge in [-0.05, 0) is 19.9 Å². The third-order valence-electron chi connectivity index (χ3n) is 3.50. The van der Waals surface area contributed by atoms with Crippen molar-refractivity contribution in [3.63, 3.8) is 0 Å². The summed E-state index contributed by atoms with van der Waals surface area (Å²) < 4.78 is 10.4. The van der Waals surface area contributed by atoms with Gasteiger partial charge >= 0.3 is 5.97 Å². The summed E-state index contributed by atoms with van der Waals surface area (Å²) in [6, 6.07) is 5.01. The molecule has 3 rings (SSSR count). The molecular weight excluding hydrogens is 310 g/mol. The minimum Gasteiger partial charge on any atom is -0.462 e. The summed E-state index contributed by atoms with van der Waals surface area (Å²) >= 11 is 0. The average Bonchev–Trinajstić information content (AvgIpc) is 2.54. The molecule has 0 aliphatic rings. The van der Waals surface area contributed by atoms with Crippen molar-refractivity contribution in [1.82, 2.24) is 9.97 Å². The lowest BCUT2D eigenvalue weighted by atomic mass is 9.99. The first kappa shape index (κ1) is 15.7. The molecule has 0 aliphatic heterocycles. The van der Waals surface area contributed by atoms with Gasteiger partial charge in [-0.1, -0.05) is 6.07 Å². The van der Waals surface area contributed by atoms with Crippen LogP contribution in [0.15, 0.2) is 39.8 Å². The second kappa shape index (κ2) is 6.11. The largest absolute Gasteiger partial charge is 0.462 e. The van der Waals surface area contributed by atoms with Gasteiger partial charge in [-0.25, -0.2) is 4.79 Å². The first-order valence-corrected chi connectivity index (χ1v) is 7.35. The van der Waals surface area contributed by atoms with E-state index < -0.39 is 11.5 Å². The van der Waals surface area contributed by atoms with Crippen LogP contribution >= 0.6 is 0 Å². The summed E-state index contributed by atoms with van der Waals surface area (Å²) in [7, 11) is 0. The van der Waals surface area contributed by atoms with Gasteiger partial charge in [0.25, 0.3) is 5.56 Å². The van der Waals surface area contributed by atoms with Crippen LogP contribution in [0.2, 0.25) is 0 Å². The highest BCUT2D eigenvalue weighted by atomic mass is 16.5. The molecular formula is C17H15N3O4. The predicted octanol–water partition coefficient (Wildman–Crippen LogP) is 2.15. The van der Waals surface area contributed by atoms with Crippen molar-refractivity contribution in [2.75, 3.05) is 6.61 Å². The zero-order valence-electron chi connectivity index (χ0n) is 13.2. The molecule has 0 aromatic carbocycles. The first-order valence-electron chi connectivity index (χ1n) is 7.35. The van der Waals surface area contributed by atoms with Crippen LogP contribution in [0, 0.1) is 12.3 Å². The lowest BCUT2D eigenvalue weighted by Crippen LogP contribution is -2.21. The molecule has 0 aliphatic carbocycles. The number of hydrogen-bond donors (Lipinski definition) is 2. The standard InChI is InChI=1S/C17H15N3O4/c1-3-23-17(22)14-12(10-5-4-6-19-8-10)13-11(24-15(14)18)7-9(2)20-16(13)21/h4-8,18H,3H2,1-2H3,(H,20,21). The van der Waals surface area contributed by atoms with Crippen molar-refractivity contribution in [1.29, 1.82) is 5.41 Å². The number of aromatic nitrogens is 2. The van der Waals surface area contributed by atoms with E-state index in [-0.39, 0.29) is 34.3 Å². The SMILES string of the molecule is CCOC(=O)c1c(-c2cccnc2)c2c(=O)[nH]c(C)cc2oc1=N. The van der Waals surface area contributed by atoms with Crippen LogP contribution < -0.4 is 11.1 Å². The molecule has 0 radical (unpaired) electrons. The van der Waals surface area contributed by atoms with Crippen molar-refractivity contribution in [2.24, 2.45) is 0 Å². The zero-order chi connectivity index (χ0) is 17.3. The Balaban J connectivity index is 2.51. The summed E-state index contributed by atoms with van der Waals surface area (Å²) in [6.07, 6.45) is 3.11. The number of nitrogens with zero attached hydrogens (tertiary/aromatic N) is 1. The van der Waals surface area contributed by atoms with Crippen molar-refractivity contribution >= 4 is 16.9 Å². The number of aromatic amines is 1. The van der Waals surface area contributed by atoms with E-state index in [9.17, 15) is 9.59 Å². The highest BCUT2D eigenvalue weighted by molar-refractivity contribution is 6.05. The average molecular weight is 325 g/mol. The van der Waals surface area contributed by atoms with E-state index >= 15 is 0 Å². The van der Waals surface area contributed by atoms with Gasteiger partial charge in [-0.15, -0.1) is 0 Å². The second-order valence-electron chi connectivity index (χ2n) is 5.16. The number of ether oxygens (including phenoxy) is 1. The van der Waals surface area contributed by atoms with Gasteiger partial charge in [-0.3, -0.25) is 15.2 Å².